The van der Waals surface area contributed by atoms with Crippen LogP contribution in [0.4, 0.5) is 5.69 Å². The number of nitrogens with zero attached hydrogens (tertiary/aromatic N) is 2. The first-order chi connectivity index (χ1) is 14.7. The number of rotatable bonds is 9. The zero-order valence-corrected chi connectivity index (χ0v) is 17.8. The molecule has 0 atom stereocenters. The molecule has 0 unspecified atom stereocenters. The lowest BCUT2D eigenvalue weighted by molar-refractivity contribution is -0.123. The number of unbranched alkanes of at least 4 members (excludes halogenated alkanes) is 1. The van der Waals surface area contributed by atoms with Crippen LogP contribution in [0.3, 0.4) is 0 Å². The van der Waals surface area contributed by atoms with Gasteiger partial charge in [-0.2, -0.15) is 0 Å². The monoisotopic (exact) mass is 408 g/mol. The summed E-state index contributed by atoms with van der Waals surface area (Å²) in [5.74, 6) is 0.0799. The predicted octanol–water partition coefficient (Wildman–Crippen LogP) is 2.83. The van der Waals surface area contributed by atoms with Crippen molar-refractivity contribution in [2.24, 2.45) is 0 Å². The van der Waals surface area contributed by atoms with E-state index in [-0.39, 0.29) is 11.8 Å². The Balaban J connectivity index is 1.45. The van der Waals surface area contributed by atoms with Crippen LogP contribution in [0, 0.1) is 0 Å². The molecule has 0 bridgehead atoms. The quantitative estimate of drug-likeness (QED) is 0.627. The molecule has 2 amide bonds. The average molecular weight is 409 g/mol. The van der Waals surface area contributed by atoms with Crippen LogP contribution in [-0.4, -0.2) is 67.4 Å². The zero-order valence-electron chi connectivity index (χ0n) is 17.8. The first-order valence-corrected chi connectivity index (χ1v) is 10.8. The van der Waals surface area contributed by atoms with Gasteiger partial charge in [0.2, 0.25) is 11.8 Å². The number of piperazine rings is 1. The van der Waals surface area contributed by atoms with E-state index in [9.17, 15) is 9.59 Å². The van der Waals surface area contributed by atoms with Crippen LogP contribution in [0.1, 0.15) is 19.8 Å². The van der Waals surface area contributed by atoms with E-state index in [0.717, 1.165) is 62.4 Å². The lowest BCUT2D eigenvalue weighted by atomic mass is 10.0. The number of carbonyl (C=O) groups is 2. The van der Waals surface area contributed by atoms with Gasteiger partial charge in [0.25, 0.3) is 0 Å². The minimum Gasteiger partial charge on any atom is -0.355 e. The number of anilines is 1. The van der Waals surface area contributed by atoms with Crippen LogP contribution in [0.15, 0.2) is 54.6 Å². The molecule has 2 N–H and O–H groups in total. The van der Waals surface area contributed by atoms with Crippen molar-refractivity contribution in [2.45, 2.75) is 19.8 Å². The first kappa shape index (κ1) is 22.0. The molecule has 0 radical (unpaired) electrons. The van der Waals surface area contributed by atoms with Crippen molar-refractivity contribution in [3.63, 3.8) is 0 Å². The lowest BCUT2D eigenvalue weighted by Gasteiger charge is -2.33. The molecule has 1 saturated heterocycles. The highest BCUT2D eigenvalue weighted by Gasteiger charge is 2.20. The first-order valence-electron chi connectivity index (χ1n) is 10.8. The maximum absolute atomic E-state index is 12.6. The van der Waals surface area contributed by atoms with E-state index >= 15 is 0 Å². The third-order valence-electron chi connectivity index (χ3n) is 5.34. The van der Waals surface area contributed by atoms with Crippen LogP contribution >= 0.6 is 0 Å². The Morgan fingerprint density at radius 3 is 2.10 bits per heavy atom. The summed E-state index contributed by atoms with van der Waals surface area (Å²) < 4.78 is 0. The average Bonchev–Trinajstić information content (AvgIpc) is 2.76. The Morgan fingerprint density at radius 1 is 0.833 bits per heavy atom. The zero-order chi connectivity index (χ0) is 21.2. The van der Waals surface area contributed by atoms with Crippen molar-refractivity contribution in [1.82, 2.24) is 15.1 Å². The predicted molar refractivity (Wildman–Crippen MR) is 121 cm³/mol. The minimum absolute atomic E-state index is 0.0101. The standard InChI is InChI=1S/C24H32N4O2/c1-2-3-13-25-23(29)18-27-14-16-28(17-15-27)19-24(30)26-22-12-8-7-11-21(22)20-9-5-4-6-10-20/h4-12H,2-3,13-19H2,1H3,(H,25,29)(H,26,30). The maximum Gasteiger partial charge on any atom is 0.238 e. The highest BCUT2D eigenvalue weighted by molar-refractivity contribution is 5.96. The number of amides is 2. The SMILES string of the molecule is CCCCNC(=O)CN1CCN(CC(=O)Nc2ccccc2-c2ccccc2)CC1. The van der Waals surface area contributed by atoms with Crippen LogP contribution in [0.2, 0.25) is 0 Å². The van der Waals surface area contributed by atoms with E-state index in [1.165, 1.54) is 0 Å². The highest BCUT2D eigenvalue weighted by atomic mass is 16.2. The van der Waals surface area contributed by atoms with Crippen molar-refractivity contribution in [1.29, 1.82) is 0 Å². The number of hydrogen-bond donors (Lipinski definition) is 2. The Morgan fingerprint density at radius 2 is 1.43 bits per heavy atom. The molecular formula is C24H32N4O2. The molecule has 1 aliphatic rings. The fourth-order valence-electron chi connectivity index (χ4n) is 3.62. The molecule has 2 aromatic carbocycles. The molecule has 2 aromatic rings. The summed E-state index contributed by atoms with van der Waals surface area (Å²) in [6, 6.07) is 18.0. The molecule has 30 heavy (non-hydrogen) atoms. The summed E-state index contributed by atoms with van der Waals surface area (Å²) in [6.07, 6.45) is 2.10. The second kappa shape index (κ2) is 11.5. The smallest absolute Gasteiger partial charge is 0.238 e. The van der Waals surface area contributed by atoms with Gasteiger partial charge < -0.3 is 10.6 Å². The Labute approximate surface area is 179 Å². The number of para-hydroxylation sites is 1. The van der Waals surface area contributed by atoms with Crippen LogP contribution in [0.25, 0.3) is 11.1 Å². The third kappa shape index (κ3) is 6.68. The van der Waals surface area contributed by atoms with Gasteiger partial charge in [0.05, 0.1) is 13.1 Å². The van der Waals surface area contributed by atoms with E-state index in [0.29, 0.717) is 13.1 Å². The number of benzene rings is 2. The van der Waals surface area contributed by atoms with Crippen LogP contribution < -0.4 is 10.6 Å². The molecule has 0 aliphatic carbocycles. The van der Waals surface area contributed by atoms with Gasteiger partial charge in [0.15, 0.2) is 0 Å². The second-order valence-electron chi connectivity index (χ2n) is 7.72. The van der Waals surface area contributed by atoms with Gasteiger partial charge in [0, 0.05) is 44.0 Å². The molecule has 0 aromatic heterocycles. The molecule has 160 valence electrons. The topological polar surface area (TPSA) is 64.7 Å². The fourth-order valence-corrected chi connectivity index (χ4v) is 3.62. The lowest BCUT2D eigenvalue weighted by Crippen LogP contribution is -2.51. The van der Waals surface area contributed by atoms with Gasteiger partial charge in [-0.15, -0.1) is 0 Å². The molecule has 1 aliphatic heterocycles. The number of nitrogens with one attached hydrogen (secondary N) is 2. The van der Waals surface area contributed by atoms with E-state index in [4.69, 9.17) is 0 Å². The van der Waals surface area contributed by atoms with Crippen molar-refractivity contribution >= 4 is 17.5 Å². The fraction of sp³-hybridized carbons (Fsp3) is 0.417. The van der Waals surface area contributed by atoms with Gasteiger partial charge in [-0.1, -0.05) is 61.9 Å². The summed E-state index contributed by atoms with van der Waals surface area (Å²) in [5, 5.41) is 6.03. The molecule has 1 heterocycles. The summed E-state index contributed by atoms with van der Waals surface area (Å²) >= 11 is 0. The van der Waals surface area contributed by atoms with Gasteiger partial charge in [-0.3, -0.25) is 19.4 Å². The Hall–Kier alpha value is -2.70. The van der Waals surface area contributed by atoms with Crippen LogP contribution in [-0.2, 0) is 9.59 Å². The van der Waals surface area contributed by atoms with Gasteiger partial charge >= 0.3 is 0 Å². The molecule has 0 saturated carbocycles. The Kier molecular flexibility index (Phi) is 8.41. The second-order valence-corrected chi connectivity index (χ2v) is 7.72. The van der Waals surface area contributed by atoms with Crippen LogP contribution in [0.5, 0.6) is 0 Å². The van der Waals surface area contributed by atoms with Crippen molar-refractivity contribution in [2.75, 3.05) is 51.1 Å². The van der Waals surface area contributed by atoms with Gasteiger partial charge in [0.1, 0.15) is 0 Å². The summed E-state index contributed by atoms with van der Waals surface area (Å²) in [5.41, 5.74) is 2.93. The molecule has 6 nitrogen and oxygen atoms in total. The van der Waals surface area contributed by atoms with Crippen molar-refractivity contribution in [3.05, 3.63) is 54.6 Å². The maximum atomic E-state index is 12.6. The molecule has 6 heteroatoms. The number of hydrogen-bond acceptors (Lipinski definition) is 4. The molecule has 0 spiro atoms. The third-order valence-corrected chi connectivity index (χ3v) is 5.34. The highest BCUT2D eigenvalue weighted by Crippen LogP contribution is 2.27. The largest absolute Gasteiger partial charge is 0.355 e. The molecule has 3 rings (SSSR count). The summed E-state index contributed by atoms with van der Waals surface area (Å²) in [4.78, 5) is 28.9. The van der Waals surface area contributed by atoms with E-state index in [1.54, 1.807) is 0 Å². The normalized spacial score (nSPS) is 15.0. The summed E-state index contributed by atoms with van der Waals surface area (Å²) in [6.45, 7) is 6.84. The molecular weight excluding hydrogens is 376 g/mol. The molecule has 1 fully saturated rings. The van der Waals surface area contributed by atoms with Gasteiger partial charge in [-0.25, -0.2) is 0 Å². The van der Waals surface area contributed by atoms with E-state index < -0.39 is 0 Å². The Bertz CT molecular complexity index is 817. The van der Waals surface area contributed by atoms with Gasteiger partial charge in [-0.05, 0) is 18.1 Å². The van der Waals surface area contributed by atoms with E-state index in [1.807, 2.05) is 54.6 Å². The van der Waals surface area contributed by atoms with E-state index in [2.05, 4.69) is 27.4 Å². The van der Waals surface area contributed by atoms with Crippen molar-refractivity contribution in [3.8, 4) is 11.1 Å². The number of carbonyl (C=O) groups excluding carboxylic acids is 2. The minimum atomic E-state index is -0.0101. The van der Waals surface area contributed by atoms with Crippen molar-refractivity contribution < 1.29 is 9.59 Å². The summed E-state index contributed by atoms with van der Waals surface area (Å²) in [7, 11) is 0.